The van der Waals surface area contributed by atoms with Crippen LogP contribution in [0.1, 0.15) is 23.0 Å². The van der Waals surface area contributed by atoms with Gasteiger partial charge in [-0.15, -0.1) is 0 Å². The molecule has 5 heteroatoms. The minimum Gasteiger partial charge on any atom is -0.478 e. The molecule has 0 unspecified atom stereocenters. The highest BCUT2D eigenvalue weighted by atomic mass is 19.1. The molecule has 0 aliphatic rings. The van der Waals surface area contributed by atoms with Gasteiger partial charge in [0, 0.05) is 12.2 Å². The largest absolute Gasteiger partial charge is 0.478 e. The lowest BCUT2D eigenvalue weighted by molar-refractivity contribution is 0.0696. The zero-order valence-corrected chi connectivity index (χ0v) is 11.3. The van der Waals surface area contributed by atoms with Crippen LogP contribution in [0.4, 0.5) is 15.9 Å². The average Bonchev–Trinajstić information content (AvgIpc) is 2.41. The second-order valence-electron chi connectivity index (χ2n) is 4.36. The van der Waals surface area contributed by atoms with Crippen LogP contribution in [0.5, 0.6) is 0 Å². The van der Waals surface area contributed by atoms with Crippen LogP contribution in [0.3, 0.4) is 0 Å². The van der Waals surface area contributed by atoms with E-state index in [2.05, 4.69) is 4.98 Å². The molecule has 0 bridgehead atoms. The molecule has 1 N–H and O–H groups in total. The molecule has 0 aliphatic carbocycles. The van der Waals surface area contributed by atoms with Crippen molar-refractivity contribution in [1.29, 1.82) is 0 Å². The summed E-state index contributed by atoms with van der Waals surface area (Å²) in [5.41, 5.74) is 1.10. The normalized spacial score (nSPS) is 10.3. The van der Waals surface area contributed by atoms with Gasteiger partial charge in [0.2, 0.25) is 0 Å². The predicted octanol–water partition coefficient (Wildman–Crippen LogP) is 3.39. The van der Waals surface area contributed by atoms with Gasteiger partial charge >= 0.3 is 5.97 Å². The number of aromatic carboxylic acids is 1. The van der Waals surface area contributed by atoms with Crippen molar-refractivity contribution in [2.75, 3.05) is 11.4 Å². The molecule has 104 valence electrons. The molecule has 0 saturated heterocycles. The van der Waals surface area contributed by atoms with Crippen LogP contribution in [0.15, 0.2) is 36.4 Å². The van der Waals surface area contributed by atoms with Crippen molar-refractivity contribution in [3.05, 3.63) is 53.5 Å². The van der Waals surface area contributed by atoms with E-state index in [1.165, 1.54) is 18.2 Å². The monoisotopic (exact) mass is 274 g/mol. The summed E-state index contributed by atoms with van der Waals surface area (Å²) in [7, 11) is 0. The van der Waals surface area contributed by atoms with Crippen LogP contribution in [-0.4, -0.2) is 22.6 Å². The molecule has 0 aliphatic heterocycles. The Bertz CT molecular complexity index is 644. The average molecular weight is 274 g/mol. The lowest BCUT2D eigenvalue weighted by Crippen LogP contribution is -2.19. The highest BCUT2D eigenvalue weighted by molar-refractivity contribution is 5.89. The summed E-state index contributed by atoms with van der Waals surface area (Å²) in [6.45, 7) is 4.05. The number of hydrogen-bond acceptors (Lipinski definition) is 3. The topological polar surface area (TPSA) is 53.4 Å². The van der Waals surface area contributed by atoms with E-state index < -0.39 is 5.97 Å². The SMILES string of the molecule is CCN(c1cc(C(=O)O)cc(C)n1)c1ccccc1F. The standard InChI is InChI=1S/C15H15FN2O2/c1-3-18(13-7-5-4-6-12(13)16)14-9-11(15(19)20)8-10(2)17-14/h4-9H,3H2,1-2H3,(H,19,20). The van der Waals surface area contributed by atoms with Crippen LogP contribution in [0.2, 0.25) is 0 Å². The van der Waals surface area contributed by atoms with E-state index in [9.17, 15) is 9.18 Å². The smallest absolute Gasteiger partial charge is 0.335 e. The van der Waals surface area contributed by atoms with Gasteiger partial charge in [0.25, 0.3) is 0 Å². The van der Waals surface area contributed by atoms with Crippen molar-refractivity contribution >= 4 is 17.5 Å². The Balaban J connectivity index is 2.52. The van der Waals surface area contributed by atoms with Crippen molar-refractivity contribution in [3.8, 4) is 0 Å². The summed E-state index contributed by atoms with van der Waals surface area (Å²) in [6, 6.07) is 9.29. The van der Waals surface area contributed by atoms with Gasteiger partial charge in [-0.05, 0) is 38.1 Å². The number of hydrogen-bond donors (Lipinski definition) is 1. The van der Waals surface area contributed by atoms with Gasteiger partial charge in [-0.2, -0.15) is 0 Å². The second kappa shape index (κ2) is 5.69. The number of para-hydroxylation sites is 1. The van der Waals surface area contributed by atoms with Crippen molar-refractivity contribution < 1.29 is 14.3 Å². The van der Waals surface area contributed by atoms with E-state index in [1.807, 2.05) is 6.92 Å². The lowest BCUT2D eigenvalue weighted by Gasteiger charge is -2.23. The molecule has 0 saturated carbocycles. The maximum atomic E-state index is 13.9. The lowest BCUT2D eigenvalue weighted by atomic mass is 10.2. The van der Waals surface area contributed by atoms with Gasteiger partial charge in [0.1, 0.15) is 11.6 Å². The van der Waals surface area contributed by atoms with E-state index in [4.69, 9.17) is 5.11 Å². The Morgan fingerprint density at radius 3 is 2.65 bits per heavy atom. The molecular formula is C15H15FN2O2. The molecule has 1 aromatic heterocycles. The van der Waals surface area contributed by atoms with Crippen LogP contribution < -0.4 is 4.90 Å². The second-order valence-corrected chi connectivity index (χ2v) is 4.36. The van der Waals surface area contributed by atoms with Crippen molar-refractivity contribution in [3.63, 3.8) is 0 Å². The fraction of sp³-hybridized carbons (Fsp3) is 0.200. The van der Waals surface area contributed by atoms with Crippen molar-refractivity contribution in [2.45, 2.75) is 13.8 Å². The zero-order chi connectivity index (χ0) is 14.7. The number of anilines is 2. The van der Waals surface area contributed by atoms with Crippen LogP contribution in [0, 0.1) is 12.7 Å². The van der Waals surface area contributed by atoms with Gasteiger partial charge in [-0.25, -0.2) is 14.2 Å². The molecule has 2 aromatic rings. The molecule has 4 nitrogen and oxygen atoms in total. The molecule has 0 amide bonds. The van der Waals surface area contributed by atoms with Crippen LogP contribution in [0.25, 0.3) is 0 Å². The Hall–Kier alpha value is -2.43. The first-order chi connectivity index (χ1) is 9.52. The maximum absolute atomic E-state index is 13.9. The van der Waals surface area contributed by atoms with E-state index in [-0.39, 0.29) is 11.4 Å². The number of nitrogens with zero attached hydrogens (tertiary/aromatic N) is 2. The molecule has 0 spiro atoms. The minimum absolute atomic E-state index is 0.141. The predicted molar refractivity (Wildman–Crippen MR) is 75.0 cm³/mol. The van der Waals surface area contributed by atoms with E-state index in [1.54, 1.807) is 30.0 Å². The zero-order valence-electron chi connectivity index (χ0n) is 11.3. The maximum Gasteiger partial charge on any atom is 0.335 e. The van der Waals surface area contributed by atoms with Crippen molar-refractivity contribution in [1.82, 2.24) is 4.98 Å². The van der Waals surface area contributed by atoms with Gasteiger partial charge in [0.05, 0.1) is 11.3 Å². The number of carbonyl (C=O) groups is 1. The molecule has 1 heterocycles. The summed E-state index contributed by atoms with van der Waals surface area (Å²) in [4.78, 5) is 17.0. The summed E-state index contributed by atoms with van der Waals surface area (Å²) in [5, 5.41) is 9.09. The quantitative estimate of drug-likeness (QED) is 0.928. The Morgan fingerprint density at radius 1 is 1.35 bits per heavy atom. The number of benzene rings is 1. The van der Waals surface area contributed by atoms with E-state index in [0.29, 0.717) is 23.7 Å². The number of carboxylic acid groups (broad SMARTS) is 1. The number of halogens is 1. The van der Waals surface area contributed by atoms with Crippen LogP contribution in [-0.2, 0) is 0 Å². The first-order valence-corrected chi connectivity index (χ1v) is 6.27. The minimum atomic E-state index is -1.03. The molecule has 0 atom stereocenters. The number of carboxylic acids is 1. The van der Waals surface area contributed by atoms with Gasteiger partial charge in [-0.3, -0.25) is 0 Å². The number of rotatable bonds is 4. The Labute approximate surface area is 116 Å². The van der Waals surface area contributed by atoms with Gasteiger partial charge < -0.3 is 10.0 Å². The van der Waals surface area contributed by atoms with Crippen LogP contribution >= 0.6 is 0 Å². The number of aryl methyl sites for hydroxylation is 1. The third kappa shape index (κ3) is 2.77. The molecule has 2 rings (SSSR count). The van der Waals surface area contributed by atoms with Gasteiger partial charge in [-0.1, -0.05) is 12.1 Å². The molecular weight excluding hydrogens is 259 g/mol. The summed E-state index contributed by atoms with van der Waals surface area (Å²) in [5.74, 6) is -0.967. The Kier molecular flexibility index (Phi) is 3.98. The van der Waals surface area contributed by atoms with E-state index >= 15 is 0 Å². The Morgan fingerprint density at radius 2 is 2.05 bits per heavy atom. The summed E-state index contributed by atoms with van der Waals surface area (Å²) < 4.78 is 13.9. The van der Waals surface area contributed by atoms with Gasteiger partial charge in [0.15, 0.2) is 0 Å². The first-order valence-electron chi connectivity index (χ1n) is 6.27. The third-order valence-electron chi connectivity index (χ3n) is 2.92. The summed E-state index contributed by atoms with van der Waals surface area (Å²) in [6.07, 6.45) is 0. The highest BCUT2D eigenvalue weighted by Gasteiger charge is 2.15. The molecule has 0 radical (unpaired) electrons. The molecule has 20 heavy (non-hydrogen) atoms. The number of aromatic nitrogens is 1. The molecule has 1 aromatic carbocycles. The number of pyridine rings is 1. The van der Waals surface area contributed by atoms with E-state index in [0.717, 1.165) is 0 Å². The fourth-order valence-corrected chi connectivity index (χ4v) is 2.04. The third-order valence-corrected chi connectivity index (χ3v) is 2.92. The summed E-state index contributed by atoms with van der Waals surface area (Å²) >= 11 is 0. The first kappa shape index (κ1) is 14.0. The molecule has 0 fully saturated rings. The highest BCUT2D eigenvalue weighted by Crippen LogP contribution is 2.27. The van der Waals surface area contributed by atoms with Crippen molar-refractivity contribution in [2.24, 2.45) is 0 Å². The fourth-order valence-electron chi connectivity index (χ4n) is 2.04.